The van der Waals surface area contributed by atoms with Crippen LogP contribution in [0.1, 0.15) is 44.4 Å². The predicted octanol–water partition coefficient (Wildman–Crippen LogP) is 4.88. The molecule has 1 aliphatic rings. The number of carbonyl (C=O) groups excluding carboxylic acids is 1. The number of amides is 1. The largest absolute Gasteiger partial charge is 0.310 e. The van der Waals surface area contributed by atoms with E-state index in [4.69, 9.17) is 0 Å². The van der Waals surface area contributed by atoms with Crippen LogP contribution in [0.15, 0.2) is 83.8 Å². The molecule has 0 aliphatic heterocycles. The number of hydrogen-bond donors (Lipinski definition) is 1. The Morgan fingerprint density at radius 2 is 1.78 bits per heavy atom. The van der Waals surface area contributed by atoms with Crippen LogP contribution in [-0.4, -0.2) is 15.5 Å². The number of carbonyl (C=O) groups is 1. The molecule has 1 unspecified atom stereocenters. The molecule has 4 aromatic rings. The van der Waals surface area contributed by atoms with Gasteiger partial charge in [-0.1, -0.05) is 60.7 Å². The summed E-state index contributed by atoms with van der Waals surface area (Å²) in [5.41, 5.74) is 3.23. The van der Waals surface area contributed by atoms with Crippen LogP contribution in [0.25, 0.3) is 0 Å². The van der Waals surface area contributed by atoms with E-state index < -0.39 is 5.91 Å². The lowest BCUT2D eigenvalue weighted by Crippen LogP contribution is -2.29. The third kappa shape index (κ3) is 4.27. The lowest BCUT2D eigenvalue weighted by Gasteiger charge is -2.21. The third-order valence-corrected chi connectivity index (χ3v) is 6.93. The fourth-order valence-electron chi connectivity index (χ4n) is 4.22. The molecular weight excluding hydrogens is 418 g/mol. The number of nitrogens with one attached hydrogen (secondary N) is 1. The van der Waals surface area contributed by atoms with Crippen LogP contribution in [0.3, 0.4) is 0 Å². The number of benzene rings is 2. The molecule has 0 saturated carbocycles. The van der Waals surface area contributed by atoms with Crippen LogP contribution in [0.5, 0.6) is 0 Å². The van der Waals surface area contributed by atoms with Crippen molar-refractivity contribution in [1.29, 1.82) is 0 Å². The first kappa shape index (κ1) is 20.4. The highest BCUT2D eigenvalue weighted by atomic mass is 32.1. The van der Waals surface area contributed by atoms with Crippen LogP contribution in [0.2, 0.25) is 0 Å². The average Bonchev–Trinajstić information content (AvgIpc) is 3.23. The van der Waals surface area contributed by atoms with Crippen molar-refractivity contribution in [2.45, 2.75) is 31.7 Å². The molecule has 0 fully saturated rings. The predicted molar refractivity (Wildman–Crippen MR) is 128 cm³/mol. The molecule has 1 atom stereocenters. The molecule has 32 heavy (non-hydrogen) atoms. The van der Waals surface area contributed by atoms with Gasteiger partial charge in [-0.2, -0.15) is 0 Å². The summed E-state index contributed by atoms with van der Waals surface area (Å²) in [6.45, 7) is 0.424. The fourth-order valence-corrected chi connectivity index (χ4v) is 5.30. The molecule has 5 nitrogen and oxygen atoms in total. The summed E-state index contributed by atoms with van der Waals surface area (Å²) < 4.78 is 1.56. The Hall–Kier alpha value is -3.51. The van der Waals surface area contributed by atoms with Crippen molar-refractivity contribution < 1.29 is 4.79 Å². The minimum absolute atomic E-state index is 0.124. The quantitative estimate of drug-likeness (QED) is 0.480. The fraction of sp³-hybridized carbons (Fsp3) is 0.192. The molecule has 1 aliphatic carbocycles. The summed E-state index contributed by atoms with van der Waals surface area (Å²) in [6, 6.07) is 23.6. The Balaban J connectivity index is 1.32. The average molecular weight is 442 g/mol. The molecule has 2 aromatic carbocycles. The van der Waals surface area contributed by atoms with E-state index in [1.807, 2.05) is 36.4 Å². The zero-order valence-electron chi connectivity index (χ0n) is 17.5. The Morgan fingerprint density at radius 3 is 2.56 bits per heavy atom. The van der Waals surface area contributed by atoms with E-state index in [9.17, 15) is 9.59 Å². The first-order valence-electron chi connectivity index (χ1n) is 10.8. The van der Waals surface area contributed by atoms with Gasteiger partial charge in [-0.05, 0) is 48.4 Å². The molecule has 0 saturated heterocycles. The van der Waals surface area contributed by atoms with Crippen molar-refractivity contribution in [2.24, 2.45) is 0 Å². The van der Waals surface area contributed by atoms with Gasteiger partial charge in [0, 0.05) is 11.1 Å². The number of rotatable bonds is 5. The van der Waals surface area contributed by atoms with Crippen LogP contribution in [-0.2, 0) is 19.4 Å². The number of pyridine rings is 1. The lowest BCUT2D eigenvalue weighted by atomic mass is 9.85. The molecule has 1 amide bonds. The number of nitrogens with zero attached hydrogens (tertiary/aromatic N) is 2. The Morgan fingerprint density at radius 1 is 1.03 bits per heavy atom. The van der Waals surface area contributed by atoms with E-state index >= 15 is 0 Å². The summed E-state index contributed by atoms with van der Waals surface area (Å²) in [7, 11) is 0. The van der Waals surface area contributed by atoms with Crippen molar-refractivity contribution in [2.75, 3.05) is 5.32 Å². The van der Waals surface area contributed by atoms with Crippen molar-refractivity contribution in [3.8, 4) is 0 Å². The maximum absolute atomic E-state index is 12.9. The van der Waals surface area contributed by atoms with Crippen molar-refractivity contribution in [1.82, 2.24) is 9.55 Å². The van der Waals surface area contributed by atoms with E-state index in [-0.39, 0.29) is 11.1 Å². The summed E-state index contributed by atoms with van der Waals surface area (Å²) in [4.78, 5) is 31.6. The molecule has 0 spiro atoms. The van der Waals surface area contributed by atoms with Crippen LogP contribution >= 0.6 is 11.3 Å². The molecule has 2 aromatic heterocycles. The summed E-state index contributed by atoms with van der Waals surface area (Å²) in [5, 5.41) is 3.42. The first-order chi connectivity index (χ1) is 15.7. The van der Waals surface area contributed by atoms with Gasteiger partial charge in [0.1, 0.15) is 5.56 Å². The maximum Gasteiger partial charge on any atom is 0.263 e. The zero-order valence-corrected chi connectivity index (χ0v) is 18.3. The van der Waals surface area contributed by atoms with E-state index in [2.05, 4.69) is 34.6 Å². The Kier molecular flexibility index (Phi) is 5.69. The smallest absolute Gasteiger partial charge is 0.263 e. The number of hydrogen-bond acceptors (Lipinski definition) is 4. The molecular formula is C26H23N3O2S. The standard InChI is InChI=1S/C26H23N3O2S/c30-24(21-12-7-15-29(25(21)31)17-18-8-3-1-4-9-18)28-26-27-22-14-13-20(16-23(22)32-26)19-10-5-2-6-11-19/h1-12,15,20H,13-14,16-17H2,(H,27,28,30). The van der Waals surface area contributed by atoms with E-state index in [1.165, 1.54) is 21.8 Å². The highest BCUT2D eigenvalue weighted by molar-refractivity contribution is 7.15. The lowest BCUT2D eigenvalue weighted by molar-refractivity contribution is 0.102. The molecule has 6 heteroatoms. The summed E-state index contributed by atoms with van der Waals surface area (Å²) in [6.07, 6.45) is 4.59. The van der Waals surface area contributed by atoms with Crippen molar-refractivity contribution in [3.05, 3.63) is 117 Å². The molecule has 0 radical (unpaired) electrons. The second-order valence-electron chi connectivity index (χ2n) is 8.03. The normalized spacial score (nSPS) is 15.2. The monoisotopic (exact) mass is 441 g/mol. The number of anilines is 1. The Labute approximate surface area is 190 Å². The summed E-state index contributed by atoms with van der Waals surface area (Å²) in [5.74, 6) is 0.0649. The number of aromatic nitrogens is 2. The van der Waals surface area contributed by atoms with Gasteiger partial charge < -0.3 is 4.57 Å². The number of aryl methyl sites for hydroxylation is 1. The van der Waals surface area contributed by atoms with E-state index in [1.54, 1.807) is 22.9 Å². The Bertz CT molecular complexity index is 1300. The van der Waals surface area contributed by atoms with Gasteiger partial charge in [-0.3, -0.25) is 14.9 Å². The second kappa shape index (κ2) is 8.93. The summed E-state index contributed by atoms with van der Waals surface area (Å²) >= 11 is 1.52. The third-order valence-electron chi connectivity index (χ3n) is 5.89. The van der Waals surface area contributed by atoms with Crippen molar-refractivity contribution in [3.63, 3.8) is 0 Å². The molecule has 5 rings (SSSR count). The number of fused-ring (bicyclic) bond motifs is 1. The van der Waals surface area contributed by atoms with Gasteiger partial charge in [0.05, 0.1) is 12.2 Å². The van der Waals surface area contributed by atoms with Crippen molar-refractivity contribution >= 4 is 22.4 Å². The first-order valence-corrected chi connectivity index (χ1v) is 11.6. The van der Waals surface area contributed by atoms with Gasteiger partial charge in [0.2, 0.25) is 0 Å². The highest BCUT2D eigenvalue weighted by Crippen LogP contribution is 2.36. The van der Waals surface area contributed by atoms with Gasteiger partial charge >= 0.3 is 0 Å². The molecule has 0 bridgehead atoms. The van der Waals surface area contributed by atoms with Gasteiger partial charge in [-0.25, -0.2) is 4.98 Å². The van der Waals surface area contributed by atoms with Gasteiger partial charge in [0.15, 0.2) is 5.13 Å². The minimum Gasteiger partial charge on any atom is -0.310 e. The minimum atomic E-state index is -0.414. The highest BCUT2D eigenvalue weighted by Gasteiger charge is 2.24. The molecule has 160 valence electrons. The zero-order chi connectivity index (χ0) is 21.9. The van der Waals surface area contributed by atoms with Crippen LogP contribution in [0.4, 0.5) is 5.13 Å². The van der Waals surface area contributed by atoms with Gasteiger partial charge in [0.25, 0.3) is 11.5 Å². The molecule has 1 N–H and O–H groups in total. The SMILES string of the molecule is O=C(Nc1nc2c(s1)CC(c1ccccc1)CC2)c1cccn(Cc2ccccc2)c1=O. The number of thiazole rings is 1. The second-order valence-corrected chi connectivity index (χ2v) is 9.12. The maximum atomic E-state index is 12.9. The van der Waals surface area contributed by atoms with E-state index in [0.29, 0.717) is 17.6 Å². The molecule has 2 heterocycles. The topological polar surface area (TPSA) is 64.0 Å². The van der Waals surface area contributed by atoms with E-state index in [0.717, 1.165) is 30.5 Å². The van der Waals surface area contributed by atoms with Crippen LogP contribution in [0, 0.1) is 0 Å². The van der Waals surface area contributed by atoms with Gasteiger partial charge in [-0.15, -0.1) is 11.3 Å². The van der Waals surface area contributed by atoms with Crippen LogP contribution < -0.4 is 10.9 Å².